The fourth-order valence-electron chi connectivity index (χ4n) is 3.10. The Labute approximate surface area is 178 Å². The van der Waals surface area contributed by atoms with E-state index in [1.807, 2.05) is 36.4 Å². The number of hydrogen-bond donors (Lipinski definition) is 2. The molecule has 4 rings (SSSR count). The molecule has 0 saturated heterocycles. The minimum atomic E-state index is -0.468. The zero-order valence-corrected chi connectivity index (χ0v) is 16.9. The predicted molar refractivity (Wildman–Crippen MR) is 121 cm³/mol. The first-order chi connectivity index (χ1) is 14.6. The number of nitrogens with zero attached hydrogens (tertiary/aromatic N) is 1. The van der Waals surface area contributed by atoms with E-state index in [0.717, 1.165) is 5.39 Å². The summed E-state index contributed by atoms with van der Waals surface area (Å²) in [6.07, 6.45) is 0. The summed E-state index contributed by atoms with van der Waals surface area (Å²) in [6.45, 7) is 0. The van der Waals surface area contributed by atoms with Crippen LogP contribution < -0.4 is 20.0 Å². The predicted octanol–water partition coefficient (Wildman–Crippen LogP) is 5.35. The Hall–Kier alpha value is -3.71. The molecule has 0 aliphatic rings. The number of ether oxygens (including phenoxy) is 1. The zero-order valence-electron chi connectivity index (χ0n) is 16.0. The van der Waals surface area contributed by atoms with Gasteiger partial charge in [0.15, 0.2) is 0 Å². The Kier molecular flexibility index (Phi) is 5.45. The highest BCUT2D eigenvalue weighted by Gasteiger charge is 2.17. The Balaban J connectivity index is 1.67. The molecule has 3 aromatic carbocycles. The van der Waals surface area contributed by atoms with Crippen LogP contribution >= 0.6 is 12.8 Å². The van der Waals surface area contributed by atoms with Crippen molar-refractivity contribution in [2.75, 3.05) is 16.7 Å². The number of nitrogens with one attached hydrogen (secondary N) is 1. The second-order valence-electron chi connectivity index (χ2n) is 6.48. The van der Waals surface area contributed by atoms with E-state index < -0.39 is 11.7 Å². The van der Waals surface area contributed by atoms with E-state index in [9.17, 15) is 9.59 Å². The van der Waals surface area contributed by atoms with Gasteiger partial charge in [0, 0.05) is 22.7 Å². The van der Waals surface area contributed by atoms with Crippen molar-refractivity contribution in [3.63, 3.8) is 0 Å². The topological polar surface area (TPSA) is 71.8 Å². The van der Waals surface area contributed by atoms with Gasteiger partial charge in [-0.3, -0.25) is 0 Å². The average Bonchev–Trinajstić information content (AvgIpc) is 2.78. The van der Waals surface area contributed by atoms with Gasteiger partial charge in [-0.05, 0) is 36.4 Å². The lowest BCUT2D eigenvalue weighted by molar-refractivity contribution is 0.260. The quantitative estimate of drug-likeness (QED) is 0.346. The number of hydrogen-bond acceptors (Lipinski definition) is 5. The van der Waals surface area contributed by atoms with Gasteiger partial charge in [0.05, 0.1) is 18.4 Å². The molecule has 150 valence electrons. The second kappa shape index (κ2) is 8.34. The molecular weight excluding hydrogens is 400 g/mol. The van der Waals surface area contributed by atoms with Gasteiger partial charge >= 0.3 is 11.7 Å². The van der Waals surface area contributed by atoms with Crippen LogP contribution in [0.2, 0.25) is 0 Å². The Morgan fingerprint density at radius 1 is 0.967 bits per heavy atom. The summed E-state index contributed by atoms with van der Waals surface area (Å²) in [5, 5.41) is 3.56. The third kappa shape index (κ3) is 3.88. The number of carbonyl (C=O) groups excluding carboxylic acids is 1. The number of para-hydroxylation sites is 2. The van der Waals surface area contributed by atoms with Gasteiger partial charge in [-0.1, -0.05) is 49.2 Å². The van der Waals surface area contributed by atoms with E-state index in [1.54, 1.807) is 42.5 Å². The zero-order chi connectivity index (χ0) is 21.1. The van der Waals surface area contributed by atoms with Gasteiger partial charge in [-0.2, -0.15) is 0 Å². The summed E-state index contributed by atoms with van der Waals surface area (Å²) in [4.78, 5) is 25.0. The standard InChI is InChI=1S/C23H18N2O4S/c1-28-21-14-17(25(30)23(27)24-16-8-3-2-4-9-16)11-12-18(21)19-13-15-7-5-6-10-20(15)29-22(19)26/h2-14,30H,1H3,(H,24,27). The summed E-state index contributed by atoms with van der Waals surface area (Å²) in [7, 11) is 1.50. The Bertz CT molecular complexity index is 1270. The highest BCUT2D eigenvalue weighted by Crippen LogP contribution is 2.34. The van der Waals surface area contributed by atoms with Crippen LogP contribution in [0, 0.1) is 0 Å². The van der Waals surface area contributed by atoms with Gasteiger partial charge in [0.1, 0.15) is 11.3 Å². The van der Waals surface area contributed by atoms with Crippen LogP contribution in [-0.4, -0.2) is 13.1 Å². The first kappa shape index (κ1) is 19.6. The van der Waals surface area contributed by atoms with Crippen molar-refractivity contribution in [2.45, 2.75) is 0 Å². The molecule has 0 saturated carbocycles. The highest BCUT2D eigenvalue weighted by atomic mass is 32.1. The maximum absolute atomic E-state index is 12.5. The van der Waals surface area contributed by atoms with Gasteiger partial charge in [0.2, 0.25) is 0 Å². The molecule has 0 aliphatic heterocycles. The molecule has 30 heavy (non-hydrogen) atoms. The number of anilines is 2. The molecule has 0 aliphatic carbocycles. The van der Waals surface area contributed by atoms with E-state index in [0.29, 0.717) is 33.8 Å². The van der Waals surface area contributed by atoms with Crippen molar-refractivity contribution >= 4 is 41.2 Å². The molecule has 0 atom stereocenters. The van der Waals surface area contributed by atoms with Crippen molar-refractivity contribution in [3.8, 4) is 16.9 Å². The van der Waals surface area contributed by atoms with Gasteiger partial charge < -0.3 is 14.5 Å². The molecule has 1 N–H and O–H groups in total. The maximum Gasteiger partial charge on any atom is 0.344 e. The minimum absolute atomic E-state index is 0.372. The smallest absolute Gasteiger partial charge is 0.344 e. The SMILES string of the molecule is COc1cc(N(S)C(=O)Nc2ccccc2)ccc1-c1cc2ccccc2oc1=O. The molecule has 0 radical (unpaired) electrons. The fourth-order valence-corrected chi connectivity index (χ4v) is 3.27. The number of thiol groups is 1. The van der Waals surface area contributed by atoms with Crippen molar-refractivity contribution in [2.24, 2.45) is 0 Å². The van der Waals surface area contributed by atoms with Crippen LogP contribution in [0.1, 0.15) is 0 Å². The maximum atomic E-state index is 12.5. The first-order valence-corrected chi connectivity index (χ1v) is 9.53. The summed E-state index contributed by atoms with van der Waals surface area (Å²) in [6, 6.07) is 22.7. The average molecular weight is 418 g/mol. The lowest BCUT2D eigenvalue weighted by Gasteiger charge is -2.18. The van der Waals surface area contributed by atoms with E-state index >= 15 is 0 Å². The normalized spacial score (nSPS) is 10.6. The third-order valence-corrected chi connectivity index (χ3v) is 4.99. The van der Waals surface area contributed by atoms with E-state index in [1.165, 1.54) is 11.4 Å². The molecule has 1 heterocycles. The number of carbonyl (C=O) groups is 1. The Morgan fingerprint density at radius 3 is 2.47 bits per heavy atom. The molecule has 6 nitrogen and oxygen atoms in total. The van der Waals surface area contributed by atoms with E-state index in [2.05, 4.69) is 18.1 Å². The number of amides is 2. The second-order valence-corrected chi connectivity index (χ2v) is 6.88. The van der Waals surface area contributed by atoms with Crippen molar-refractivity contribution in [3.05, 3.63) is 89.3 Å². The lowest BCUT2D eigenvalue weighted by Crippen LogP contribution is -2.26. The molecule has 0 unspecified atom stereocenters. The molecule has 7 heteroatoms. The van der Waals surface area contributed by atoms with Crippen LogP contribution in [-0.2, 0) is 0 Å². The molecule has 0 bridgehead atoms. The minimum Gasteiger partial charge on any atom is -0.496 e. The number of urea groups is 1. The van der Waals surface area contributed by atoms with Crippen molar-refractivity contribution in [1.82, 2.24) is 0 Å². The van der Waals surface area contributed by atoms with Crippen LogP contribution in [0.4, 0.5) is 16.2 Å². The summed E-state index contributed by atoms with van der Waals surface area (Å²) < 4.78 is 12.1. The summed E-state index contributed by atoms with van der Waals surface area (Å²) in [5.74, 6) is 0.418. The summed E-state index contributed by atoms with van der Waals surface area (Å²) in [5.41, 5.74) is 2.12. The molecule has 4 aromatic rings. The van der Waals surface area contributed by atoms with E-state index in [-0.39, 0.29) is 0 Å². The van der Waals surface area contributed by atoms with Crippen LogP contribution in [0.25, 0.3) is 22.1 Å². The number of benzene rings is 3. The van der Waals surface area contributed by atoms with Crippen molar-refractivity contribution < 1.29 is 13.9 Å². The Morgan fingerprint density at radius 2 is 1.70 bits per heavy atom. The largest absolute Gasteiger partial charge is 0.496 e. The monoisotopic (exact) mass is 418 g/mol. The third-order valence-electron chi connectivity index (χ3n) is 4.58. The molecule has 2 amide bonds. The fraction of sp³-hybridized carbons (Fsp3) is 0.0435. The first-order valence-electron chi connectivity index (χ1n) is 9.13. The van der Waals surface area contributed by atoms with Gasteiger partial charge in [-0.25, -0.2) is 13.9 Å². The van der Waals surface area contributed by atoms with Crippen molar-refractivity contribution in [1.29, 1.82) is 0 Å². The molecular formula is C23H18N2O4S. The van der Waals surface area contributed by atoms with Crippen LogP contribution in [0.5, 0.6) is 5.75 Å². The molecule has 1 aromatic heterocycles. The summed E-state index contributed by atoms with van der Waals surface area (Å²) >= 11 is 4.31. The molecule has 0 fully saturated rings. The number of rotatable bonds is 4. The van der Waals surface area contributed by atoms with E-state index in [4.69, 9.17) is 9.15 Å². The van der Waals surface area contributed by atoms with Gasteiger partial charge in [0.25, 0.3) is 0 Å². The highest BCUT2D eigenvalue weighted by molar-refractivity contribution is 7.82. The lowest BCUT2D eigenvalue weighted by atomic mass is 10.0. The van der Waals surface area contributed by atoms with Crippen LogP contribution in [0.15, 0.2) is 88.1 Å². The number of methoxy groups -OCH3 is 1. The van der Waals surface area contributed by atoms with Crippen LogP contribution in [0.3, 0.4) is 0 Å². The van der Waals surface area contributed by atoms with Gasteiger partial charge in [-0.15, -0.1) is 0 Å². The number of fused-ring (bicyclic) bond motifs is 1. The molecule has 0 spiro atoms.